The number of hydrogen-bond acceptors (Lipinski definition) is 3. The van der Waals surface area contributed by atoms with Crippen LogP contribution in [0.1, 0.15) is 37.9 Å². The lowest BCUT2D eigenvalue weighted by atomic mass is 9.80. The number of amides is 1. The average Bonchev–Trinajstić information content (AvgIpc) is 2.92. The van der Waals surface area contributed by atoms with Crippen molar-refractivity contribution in [2.75, 3.05) is 13.1 Å². The highest BCUT2D eigenvalue weighted by Crippen LogP contribution is 2.34. The van der Waals surface area contributed by atoms with Crippen LogP contribution < -0.4 is 0 Å². The minimum absolute atomic E-state index is 0.206. The maximum Gasteiger partial charge on any atom is 0.222 e. The van der Waals surface area contributed by atoms with E-state index in [0.29, 0.717) is 18.2 Å². The fourth-order valence-corrected chi connectivity index (χ4v) is 3.34. The van der Waals surface area contributed by atoms with Gasteiger partial charge in [0.25, 0.3) is 0 Å². The van der Waals surface area contributed by atoms with Gasteiger partial charge in [-0.1, -0.05) is 20.8 Å². The van der Waals surface area contributed by atoms with Crippen LogP contribution in [-0.2, 0) is 17.1 Å². The summed E-state index contributed by atoms with van der Waals surface area (Å²) in [6.45, 7) is 8.29. The molecule has 1 aromatic heterocycles. The number of hydrogen-bond donors (Lipinski definition) is 0. The topological polar surface area (TPSA) is 33.2 Å². The van der Waals surface area contributed by atoms with E-state index in [1.807, 2.05) is 10.3 Å². The molecule has 0 radical (unpaired) electrons. The van der Waals surface area contributed by atoms with Gasteiger partial charge in [-0.05, 0) is 11.3 Å². The van der Waals surface area contributed by atoms with Gasteiger partial charge in [-0.2, -0.15) is 0 Å². The van der Waals surface area contributed by atoms with Gasteiger partial charge in [-0.3, -0.25) is 4.79 Å². The van der Waals surface area contributed by atoms with Gasteiger partial charge in [0.05, 0.1) is 16.6 Å². The lowest BCUT2D eigenvalue weighted by Gasteiger charge is -2.26. The molecule has 0 spiro atoms. The minimum atomic E-state index is 0.206. The van der Waals surface area contributed by atoms with Gasteiger partial charge in [0.15, 0.2) is 0 Å². The van der Waals surface area contributed by atoms with Crippen molar-refractivity contribution in [2.24, 2.45) is 11.3 Å². The van der Waals surface area contributed by atoms with E-state index >= 15 is 0 Å². The van der Waals surface area contributed by atoms with Crippen molar-refractivity contribution in [1.82, 2.24) is 9.88 Å². The van der Waals surface area contributed by atoms with E-state index in [9.17, 15) is 4.79 Å². The van der Waals surface area contributed by atoms with E-state index in [4.69, 9.17) is 11.6 Å². The second kappa shape index (κ2) is 5.80. The fraction of sp³-hybridized carbons (Fsp3) is 0.714. The van der Waals surface area contributed by atoms with Crippen LogP contribution in [0.3, 0.4) is 0 Å². The van der Waals surface area contributed by atoms with E-state index in [2.05, 4.69) is 25.8 Å². The zero-order valence-electron chi connectivity index (χ0n) is 11.8. The van der Waals surface area contributed by atoms with Crippen LogP contribution in [0.2, 0.25) is 0 Å². The number of nitrogens with zero attached hydrogens (tertiary/aromatic N) is 2. The van der Waals surface area contributed by atoms with E-state index in [0.717, 1.165) is 30.2 Å². The van der Waals surface area contributed by atoms with Crippen molar-refractivity contribution in [3.8, 4) is 0 Å². The summed E-state index contributed by atoms with van der Waals surface area (Å²) in [6.07, 6.45) is 1.53. The van der Waals surface area contributed by atoms with Crippen molar-refractivity contribution >= 4 is 28.8 Å². The summed E-state index contributed by atoms with van der Waals surface area (Å²) < 4.78 is 0. The Kier molecular flexibility index (Phi) is 4.51. The standard InChI is InChI=1S/C14H21ClN2OS/c1-14(2,3)10-6-13(18)17(8-10)5-4-12-16-11(7-15)9-19-12/h9-10H,4-8H2,1-3H3. The lowest BCUT2D eigenvalue weighted by molar-refractivity contribution is -0.127. The second-order valence-electron chi connectivity index (χ2n) is 6.22. The van der Waals surface area contributed by atoms with Crippen molar-refractivity contribution in [2.45, 2.75) is 39.5 Å². The molecule has 2 rings (SSSR count). The van der Waals surface area contributed by atoms with Gasteiger partial charge in [-0.15, -0.1) is 22.9 Å². The summed E-state index contributed by atoms with van der Waals surface area (Å²) in [7, 11) is 0. The number of aromatic nitrogens is 1. The monoisotopic (exact) mass is 300 g/mol. The van der Waals surface area contributed by atoms with E-state index in [1.54, 1.807) is 11.3 Å². The molecule has 0 saturated carbocycles. The van der Waals surface area contributed by atoms with Crippen LogP contribution in [0.5, 0.6) is 0 Å². The third-order valence-corrected chi connectivity index (χ3v) is 5.00. The third-order valence-electron chi connectivity index (χ3n) is 3.77. The molecule has 3 nitrogen and oxygen atoms in total. The van der Waals surface area contributed by atoms with Gasteiger partial charge in [0.1, 0.15) is 0 Å². The highest BCUT2D eigenvalue weighted by atomic mass is 35.5. The molecule has 0 bridgehead atoms. The molecule has 1 aliphatic rings. The molecule has 1 atom stereocenters. The third kappa shape index (κ3) is 3.69. The molecule has 0 aromatic carbocycles. The first-order valence-corrected chi connectivity index (χ1v) is 8.08. The van der Waals surface area contributed by atoms with Crippen LogP contribution in [0.4, 0.5) is 0 Å². The molecule has 1 fully saturated rings. The summed E-state index contributed by atoms with van der Waals surface area (Å²) >= 11 is 7.37. The molecule has 0 N–H and O–H groups in total. The Bertz CT molecular complexity index is 453. The number of halogens is 1. The predicted molar refractivity (Wildman–Crippen MR) is 79.5 cm³/mol. The summed E-state index contributed by atoms with van der Waals surface area (Å²) in [5.41, 5.74) is 1.14. The van der Waals surface area contributed by atoms with Crippen LogP contribution in [-0.4, -0.2) is 28.9 Å². The Morgan fingerprint density at radius 1 is 1.53 bits per heavy atom. The molecule has 2 heterocycles. The largest absolute Gasteiger partial charge is 0.342 e. The number of thiazole rings is 1. The smallest absolute Gasteiger partial charge is 0.222 e. The van der Waals surface area contributed by atoms with E-state index < -0.39 is 0 Å². The summed E-state index contributed by atoms with van der Waals surface area (Å²) in [5, 5.41) is 3.06. The molecule has 106 valence electrons. The van der Waals surface area contributed by atoms with Gasteiger partial charge in [0, 0.05) is 31.3 Å². The first kappa shape index (κ1) is 14.8. The maximum atomic E-state index is 12.0. The first-order chi connectivity index (χ1) is 8.90. The van der Waals surface area contributed by atoms with Crippen molar-refractivity contribution < 1.29 is 4.79 Å². The quantitative estimate of drug-likeness (QED) is 0.799. The Balaban J connectivity index is 1.88. The molecule has 1 amide bonds. The van der Waals surface area contributed by atoms with E-state index in [1.165, 1.54) is 0 Å². The molecule has 1 aromatic rings. The molecule has 19 heavy (non-hydrogen) atoms. The molecule has 5 heteroatoms. The van der Waals surface area contributed by atoms with Crippen LogP contribution in [0.15, 0.2) is 5.38 Å². The number of likely N-dealkylation sites (tertiary alicyclic amines) is 1. The molecular formula is C14H21ClN2OS. The Morgan fingerprint density at radius 3 is 2.79 bits per heavy atom. The molecule has 0 aliphatic carbocycles. The zero-order chi connectivity index (χ0) is 14.0. The zero-order valence-corrected chi connectivity index (χ0v) is 13.4. The Hall–Kier alpha value is -0.610. The highest BCUT2D eigenvalue weighted by Gasteiger charge is 2.36. The Morgan fingerprint density at radius 2 is 2.26 bits per heavy atom. The molecule has 1 unspecified atom stereocenters. The summed E-state index contributed by atoms with van der Waals surface area (Å²) in [6, 6.07) is 0. The number of alkyl halides is 1. The summed E-state index contributed by atoms with van der Waals surface area (Å²) in [4.78, 5) is 18.4. The fourth-order valence-electron chi connectivity index (χ4n) is 2.32. The van der Waals surface area contributed by atoms with Crippen LogP contribution in [0.25, 0.3) is 0 Å². The number of carbonyl (C=O) groups is 1. The molecule has 1 saturated heterocycles. The van der Waals surface area contributed by atoms with Crippen LogP contribution >= 0.6 is 22.9 Å². The average molecular weight is 301 g/mol. The predicted octanol–water partition coefficient (Wildman–Crippen LogP) is 3.32. The molecular weight excluding hydrogens is 280 g/mol. The first-order valence-electron chi connectivity index (χ1n) is 6.67. The summed E-state index contributed by atoms with van der Waals surface area (Å²) in [5.74, 6) is 1.22. The van der Waals surface area contributed by atoms with Gasteiger partial charge < -0.3 is 4.90 Å². The van der Waals surface area contributed by atoms with E-state index in [-0.39, 0.29) is 11.3 Å². The second-order valence-corrected chi connectivity index (χ2v) is 7.43. The number of carbonyl (C=O) groups excluding carboxylic acids is 1. The SMILES string of the molecule is CC(C)(C)C1CC(=O)N(CCc2nc(CCl)cs2)C1. The maximum absolute atomic E-state index is 12.0. The van der Waals surface area contributed by atoms with Gasteiger partial charge in [0.2, 0.25) is 5.91 Å². The Labute approximate surface area is 124 Å². The highest BCUT2D eigenvalue weighted by molar-refractivity contribution is 7.09. The van der Waals surface area contributed by atoms with Gasteiger partial charge in [-0.25, -0.2) is 4.98 Å². The van der Waals surface area contributed by atoms with Crippen molar-refractivity contribution in [3.63, 3.8) is 0 Å². The minimum Gasteiger partial charge on any atom is -0.342 e. The van der Waals surface area contributed by atoms with Crippen molar-refractivity contribution in [1.29, 1.82) is 0 Å². The number of rotatable bonds is 4. The van der Waals surface area contributed by atoms with Gasteiger partial charge >= 0.3 is 0 Å². The normalized spacial score (nSPS) is 20.3. The molecule has 1 aliphatic heterocycles. The lowest BCUT2D eigenvalue weighted by Crippen LogP contribution is -2.29. The van der Waals surface area contributed by atoms with Crippen LogP contribution in [0, 0.1) is 11.3 Å². The van der Waals surface area contributed by atoms with Crippen molar-refractivity contribution in [3.05, 3.63) is 16.1 Å².